The number of nitrogens with zero attached hydrogens (tertiary/aromatic N) is 1. The SMILES string of the molecule is COC(C(=O)O)C1(C2CCN(C)CC2)CC1. The average molecular weight is 227 g/mol. The first-order chi connectivity index (χ1) is 7.60. The topological polar surface area (TPSA) is 49.8 Å². The molecule has 1 saturated heterocycles. The minimum absolute atomic E-state index is 0.0537. The van der Waals surface area contributed by atoms with Crippen LogP contribution in [0.1, 0.15) is 25.7 Å². The van der Waals surface area contributed by atoms with E-state index in [0.717, 1.165) is 38.8 Å². The number of piperidine rings is 1. The number of hydrogen-bond acceptors (Lipinski definition) is 3. The maximum absolute atomic E-state index is 11.2. The van der Waals surface area contributed by atoms with E-state index in [1.165, 1.54) is 7.11 Å². The molecule has 1 unspecified atom stereocenters. The predicted molar refractivity (Wildman–Crippen MR) is 60.3 cm³/mol. The van der Waals surface area contributed by atoms with E-state index in [-0.39, 0.29) is 5.41 Å². The molecule has 4 nitrogen and oxygen atoms in total. The van der Waals surface area contributed by atoms with Crippen molar-refractivity contribution in [2.45, 2.75) is 31.8 Å². The molecule has 2 rings (SSSR count). The molecule has 4 heteroatoms. The molecule has 1 atom stereocenters. The van der Waals surface area contributed by atoms with Gasteiger partial charge in [0.2, 0.25) is 0 Å². The van der Waals surface area contributed by atoms with Crippen LogP contribution >= 0.6 is 0 Å². The van der Waals surface area contributed by atoms with Gasteiger partial charge in [0.25, 0.3) is 0 Å². The van der Waals surface area contributed by atoms with E-state index >= 15 is 0 Å². The fraction of sp³-hybridized carbons (Fsp3) is 0.917. The monoisotopic (exact) mass is 227 g/mol. The summed E-state index contributed by atoms with van der Waals surface area (Å²) in [5.74, 6) is -0.260. The second-order valence-corrected chi connectivity index (χ2v) is 5.26. The Kier molecular flexibility index (Phi) is 3.22. The molecule has 0 aromatic rings. The number of carboxylic acid groups (broad SMARTS) is 1. The van der Waals surface area contributed by atoms with Gasteiger partial charge in [-0.2, -0.15) is 0 Å². The first kappa shape index (κ1) is 11.9. The summed E-state index contributed by atoms with van der Waals surface area (Å²) in [5.41, 5.74) is -0.0537. The fourth-order valence-electron chi connectivity index (χ4n) is 3.19. The highest BCUT2D eigenvalue weighted by molar-refractivity contribution is 5.74. The number of aliphatic carboxylic acids is 1. The lowest BCUT2D eigenvalue weighted by molar-refractivity contribution is -0.155. The fourth-order valence-corrected chi connectivity index (χ4v) is 3.19. The molecule has 0 radical (unpaired) electrons. The molecular weight excluding hydrogens is 206 g/mol. The zero-order valence-corrected chi connectivity index (χ0v) is 10.1. The van der Waals surface area contributed by atoms with Gasteiger partial charge >= 0.3 is 5.97 Å². The van der Waals surface area contributed by atoms with Crippen molar-refractivity contribution in [2.75, 3.05) is 27.2 Å². The van der Waals surface area contributed by atoms with Crippen LogP contribution in [0.5, 0.6) is 0 Å². The van der Waals surface area contributed by atoms with Gasteiger partial charge < -0.3 is 14.7 Å². The van der Waals surface area contributed by atoms with E-state index in [1.807, 2.05) is 0 Å². The summed E-state index contributed by atoms with van der Waals surface area (Å²) in [5, 5.41) is 9.20. The Balaban J connectivity index is 2.04. The quantitative estimate of drug-likeness (QED) is 0.784. The Morgan fingerprint density at radius 3 is 2.38 bits per heavy atom. The van der Waals surface area contributed by atoms with Crippen molar-refractivity contribution >= 4 is 5.97 Å². The van der Waals surface area contributed by atoms with Gasteiger partial charge in [0.05, 0.1) is 0 Å². The minimum atomic E-state index is -0.793. The van der Waals surface area contributed by atoms with Gasteiger partial charge in [0.15, 0.2) is 6.10 Å². The normalized spacial score (nSPS) is 27.6. The van der Waals surface area contributed by atoms with Crippen LogP contribution < -0.4 is 0 Å². The van der Waals surface area contributed by atoms with Crippen LogP contribution in [-0.4, -0.2) is 49.3 Å². The summed E-state index contributed by atoms with van der Waals surface area (Å²) >= 11 is 0. The molecule has 2 aliphatic rings. The van der Waals surface area contributed by atoms with Crippen molar-refractivity contribution in [3.63, 3.8) is 0 Å². The van der Waals surface area contributed by atoms with Crippen LogP contribution in [0.4, 0.5) is 0 Å². The standard InChI is InChI=1S/C12H21NO3/c1-13-7-3-9(4-8-13)12(5-6-12)10(16-2)11(14)15/h9-10H,3-8H2,1-2H3,(H,14,15). The number of ether oxygens (including phenoxy) is 1. The Hall–Kier alpha value is -0.610. The number of methoxy groups -OCH3 is 1. The smallest absolute Gasteiger partial charge is 0.333 e. The number of likely N-dealkylation sites (tertiary alicyclic amines) is 1. The van der Waals surface area contributed by atoms with Crippen LogP contribution in [0.3, 0.4) is 0 Å². The van der Waals surface area contributed by atoms with E-state index in [2.05, 4.69) is 11.9 Å². The van der Waals surface area contributed by atoms with E-state index in [1.54, 1.807) is 0 Å². The van der Waals surface area contributed by atoms with Crippen LogP contribution in [0, 0.1) is 11.3 Å². The molecule has 92 valence electrons. The summed E-state index contributed by atoms with van der Waals surface area (Å²) in [7, 11) is 3.65. The molecular formula is C12H21NO3. The molecule has 16 heavy (non-hydrogen) atoms. The molecule has 0 aromatic heterocycles. The largest absolute Gasteiger partial charge is 0.479 e. The lowest BCUT2D eigenvalue weighted by atomic mass is 9.78. The van der Waals surface area contributed by atoms with Crippen molar-refractivity contribution in [3.05, 3.63) is 0 Å². The van der Waals surface area contributed by atoms with Gasteiger partial charge in [-0.05, 0) is 51.7 Å². The van der Waals surface area contributed by atoms with Gasteiger partial charge in [-0.3, -0.25) is 0 Å². The Morgan fingerprint density at radius 1 is 1.44 bits per heavy atom. The molecule has 0 aromatic carbocycles. The second kappa shape index (κ2) is 4.34. The maximum atomic E-state index is 11.2. The number of rotatable bonds is 4. The molecule has 0 bridgehead atoms. The predicted octanol–water partition coefficient (Wildman–Crippen LogP) is 1.21. The Labute approximate surface area is 96.6 Å². The third-order valence-electron chi connectivity index (χ3n) is 4.34. The van der Waals surface area contributed by atoms with E-state index < -0.39 is 12.1 Å². The summed E-state index contributed by atoms with van der Waals surface area (Å²) in [6.45, 7) is 2.17. The van der Waals surface area contributed by atoms with Gasteiger partial charge in [-0.25, -0.2) is 4.79 Å². The highest BCUT2D eigenvalue weighted by Crippen LogP contribution is 2.58. The second-order valence-electron chi connectivity index (χ2n) is 5.26. The molecule has 0 spiro atoms. The lowest BCUT2D eigenvalue weighted by Crippen LogP contribution is -2.42. The molecule has 1 aliphatic carbocycles. The first-order valence-electron chi connectivity index (χ1n) is 6.04. The average Bonchev–Trinajstić information content (AvgIpc) is 3.01. The molecule has 0 amide bonds. The Bertz CT molecular complexity index is 267. The first-order valence-corrected chi connectivity index (χ1v) is 6.04. The van der Waals surface area contributed by atoms with E-state index in [4.69, 9.17) is 4.74 Å². The summed E-state index contributed by atoms with van der Waals surface area (Å²) in [6, 6.07) is 0. The van der Waals surface area contributed by atoms with Crippen molar-refractivity contribution in [1.29, 1.82) is 0 Å². The summed E-state index contributed by atoms with van der Waals surface area (Å²) < 4.78 is 5.21. The zero-order valence-electron chi connectivity index (χ0n) is 10.1. The highest BCUT2D eigenvalue weighted by atomic mass is 16.5. The molecule has 1 aliphatic heterocycles. The van der Waals surface area contributed by atoms with Crippen LogP contribution in [-0.2, 0) is 9.53 Å². The maximum Gasteiger partial charge on any atom is 0.333 e. The molecule has 2 fully saturated rings. The lowest BCUT2D eigenvalue weighted by Gasteiger charge is -2.36. The number of carbonyl (C=O) groups is 1. The Morgan fingerprint density at radius 2 is 2.00 bits per heavy atom. The van der Waals surface area contributed by atoms with Crippen molar-refractivity contribution < 1.29 is 14.6 Å². The molecule has 1 N–H and O–H groups in total. The third kappa shape index (κ3) is 1.96. The van der Waals surface area contributed by atoms with Gasteiger partial charge in [0, 0.05) is 12.5 Å². The molecule has 1 saturated carbocycles. The van der Waals surface area contributed by atoms with Crippen molar-refractivity contribution in [2.24, 2.45) is 11.3 Å². The third-order valence-corrected chi connectivity index (χ3v) is 4.34. The number of carboxylic acids is 1. The van der Waals surface area contributed by atoms with E-state index in [9.17, 15) is 9.90 Å². The number of hydrogen-bond donors (Lipinski definition) is 1. The van der Waals surface area contributed by atoms with Crippen molar-refractivity contribution in [1.82, 2.24) is 4.90 Å². The van der Waals surface area contributed by atoms with Crippen LogP contribution in [0.25, 0.3) is 0 Å². The van der Waals surface area contributed by atoms with Gasteiger partial charge in [-0.1, -0.05) is 0 Å². The van der Waals surface area contributed by atoms with Gasteiger partial charge in [-0.15, -0.1) is 0 Å². The van der Waals surface area contributed by atoms with Crippen LogP contribution in [0.15, 0.2) is 0 Å². The summed E-state index contributed by atoms with van der Waals surface area (Å²) in [6.07, 6.45) is 3.67. The zero-order chi connectivity index (χ0) is 11.8. The highest BCUT2D eigenvalue weighted by Gasteiger charge is 2.57. The molecule has 1 heterocycles. The van der Waals surface area contributed by atoms with Gasteiger partial charge in [0.1, 0.15) is 0 Å². The van der Waals surface area contributed by atoms with Crippen molar-refractivity contribution in [3.8, 4) is 0 Å². The summed E-state index contributed by atoms with van der Waals surface area (Å²) in [4.78, 5) is 13.5. The van der Waals surface area contributed by atoms with Crippen LogP contribution in [0.2, 0.25) is 0 Å². The minimum Gasteiger partial charge on any atom is -0.479 e. The van der Waals surface area contributed by atoms with E-state index in [0.29, 0.717) is 5.92 Å².